The Kier molecular flexibility index (Phi) is 2.24. The van der Waals surface area contributed by atoms with E-state index < -0.39 is 5.97 Å². The van der Waals surface area contributed by atoms with Crippen LogP contribution in [0, 0.1) is 0 Å². The molecule has 2 aromatic heterocycles. The maximum absolute atomic E-state index is 10.6. The van der Waals surface area contributed by atoms with Crippen molar-refractivity contribution in [1.29, 1.82) is 0 Å². The minimum atomic E-state index is -1.03. The van der Waals surface area contributed by atoms with Crippen molar-refractivity contribution in [2.75, 3.05) is 0 Å². The molecule has 0 saturated heterocycles. The van der Waals surface area contributed by atoms with Crippen molar-refractivity contribution in [1.82, 2.24) is 9.97 Å². The van der Waals surface area contributed by atoms with Crippen LogP contribution in [0.1, 0.15) is 10.5 Å². The molecule has 1 N–H and O–H groups in total. The number of thiazole rings is 1. The third kappa shape index (κ3) is 1.62. The number of carboxylic acid groups (broad SMARTS) is 1. The average molecular weight is 206 g/mol. The normalized spacial score (nSPS) is 10.0. The van der Waals surface area contributed by atoms with E-state index in [1.807, 2.05) is 5.38 Å². The number of pyridine rings is 1. The monoisotopic (exact) mass is 206 g/mol. The molecule has 2 aromatic rings. The minimum absolute atomic E-state index is 0.0375. The Hall–Kier alpha value is -1.75. The van der Waals surface area contributed by atoms with Crippen molar-refractivity contribution >= 4 is 17.3 Å². The molecule has 0 spiro atoms. The second kappa shape index (κ2) is 3.55. The van der Waals surface area contributed by atoms with Crippen LogP contribution < -0.4 is 0 Å². The van der Waals surface area contributed by atoms with Crippen molar-refractivity contribution in [2.45, 2.75) is 0 Å². The molecule has 0 amide bonds. The van der Waals surface area contributed by atoms with Gasteiger partial charge in [-0.25, -0.2) is 14.8 Å². The van der Waals surface area contributed by atoms with Crippen molar-refractivity contribution < 1.29 is 9.90 Å². The molecule has 5 heteroatoms. The molecule has 0 aliphatic heterocycles. The molecule has 0 fully saturated rings. The number of aromatic nitrogens is 2. The van der Waals surface area contributed by atoms with Gasteiger partial charge in [-0.1, -0.05) is 0 Å². The highest BCUT2D eigenvalue weighted by atomic mass is 32.1. The van der Waals surface area contributed by atoms with Gasteiger partial charge in [-0.2, -0.15) is 0 Å². The Balaban J connectivity index is 2.46. The van der Waals surface area contributed by atoms with Gasteiger partial charge in [-0.15, -0.1) is 11.3 Å². The van der Waals surface area contributed by atoms with Gasteiger partial charge in [0.15, 0.2) is 0 Å². The predicted molar refractivity (Wildman–Crippen MR) is 52.3 cm³/mol. The lowest BCUT2D eigenvalue weighted by molar-refractivity contribution is 0.0690. The maximum atomic E-state index is 10.6. The molecule has 0 bridgehead atoms. The third-order valence-corrected chi connectivity index (χ3v) is 2.29. The van der Waals surface area contributed by atoms with Gasteiger partial charge in [0, 0.05) is 17.1 Å². The molecule has 0 aromatic carbocycles. The van der Waals surface area contributed by atoms with Crippen LogP contribution in [0.4, 0.5) is 0 Å². The lowest BCUT2D eigenvalue weighted by Crippen LogP contribution is -1.99. The van der Waals surface area contributed by atoms with Crippen LogP contribution in [0.15, 0.2) is 29.2 Å². The quantitative estimate of drug-likeness (QED) is 0.815. The molecule has 0 radical (unpaired) electrons. The second-order valence-corrected chi connectivity index (χ2v) is 3.33. The van der Waals surface area contributed by atoms with Gasteiger partial charge in [-0.05, 0) is 12.1 Å². The van der Waals surface area contributed by atoms with E-state index in [-0.39, 0.29) is 5.69 Å². The zero-order valence-corrected chi connectivity index (χ0v) is 7.86. The van der Waals surface area contributed by atoms with E-state index in [0.29, 0.717) is 0 Å². The molecule has 0 aliphatic carbocycles. The largest absolute Gasteiger partial charge is 0.477 e. The van der Waals surface area contributed by atoms with Gasteiger partial charge < -0.3 is 5.11 Å². The summed E-state index contributed by atoms with van der Waals surface area (Å²) < 4.78 is 0. The molecule has 0 atom stereocenters. The number of rotatable bonds is 2. The Bertz CT molecular complexity index is 454. The summed E-state index contributed by atoms with van der Waals surface area (Å²) in [6.07, 6.45) is 1.47. The zero-order valence-electron chi connectivity index (χ0n) is 7.04. The number of hydrogen-bond acceptors (Lipinski definition) is 4. The summed E-state index contributed by atoms with van der Waals surface area (Å²) in [5.74, 6) is -1.03. The van der Waals surface area contributed by atoms with E-state index in [1.165, 1.54) is 23.6 Å². The standard InChI is InChI=1S/C9H6N2O2S/c12-9(13)7-3-6(1-2-10-7)8-4-14-5-11-8/h1-5H,(H,12,13). The Labute approximate surface area is 83.9 Å². The zero-order chi connectivity index (χ0) is 9.97. The number of nitrogens with zero attached hydrogens (tertiary/aromatic N) is 2. The molecule has 2 heterocycles. The van der Waals surface area contributed by atoms with Crippen LogP contribution in [-0.2, 0) is 0 Å². The number of carbonyl (C=O) groups is 1. The van der Waals surface area contributed by atoms with Crippen LogP contribution in [0.25, 0.3) is 11.3 Å². The van der Waals surface area contributed by atoms with Gasteiger partial charge in [-0.3, -0.25) is 0 Å². The molecule has 4 nitrogen and oxygen atoms in total. The van der Waals surface area contributed by atoms with E-state index >= 15 is 0 Å². The molecule has 2 rings (SSSR count). The average Bonchev–Trinajstić information content (AvgIpc) is 2.71. The van der Waals surface area contributed by atoms with Gasteiger partial charge in [0.1, 0.15) is 5.69 Å². The summed E-state index contributed by atoms with van der Waals surface area (Å²) in [6.45, 7) is 0. The Morgan fingerprint density at radius 3 is 2.93 bits per heavy atom. The topological polar surface area (TPSA) is 63.1 Å². The van der Waals surface area contributed by atoms with E-state index in [9.17, 15) is 4.79 Å². The SMILES string of the molecule is O=C(O)c1cc(-c2cscn2)ccn1. The smallest absolute Gasteiger partial charge is 0.354 e. The number of hydrogen-bond donors (Lipinski definition) is 1. The van der Waals surface area contributed by atoms with Crippen LogP contribution >= 0.6 is 11.3 Å². The first-order chi connectivity index (χ1) is 6.77. The number of carboxylic acids is 1. The van der Waals surface area contributed by atoms with E-state index in [4.69, 9.17) is 5.11 Å². The van der Waals surface area contributed by atoms with Crippen molar-refractivity contribution in [3.63, 3.8) is 0 Å². The summed E-state index contributed by atoms with van der Waals surface area (Å²) in [6, 6.07) is 3.25. The van der Waals surface area contributed by atoms with Crippen LogP contribution in [0.5, 0.6) is 0 Å². The Morgan fingerprint density at radius 1 is 1.43 bits per heavy atom. The molecule has 0 aliphatic rings. The van der Waals surface area contributed by atoms with Crippen molar-refractivity contribution in [2.24, 2.45) is 0 Å². The fourth-order valence-corrected chi connectivity index (χ4v) is 1.62. The summed E-state index contributed by atoms with van der Waals surface area (Å²) in [4.78, 5) is 18.5. The maximum Gasteiger partial charge on any atom is 0.354 e. The molecule has 70 valence electrons. The van der Waals surface area contributed by atoms with Crippen molar-refractivity contribution in [3.8, 4) is 11.3 Å². The first-order valence-electron chi connectivity index (χ1n) is 3.85. The highest BCUT2D eigenvalue weighted by Gasteiger charge is 2.06. The molecule has 0 saturated carbocycles. The van der Waals surface area contributed by atoms with Gasteiger partial charge in [0.05, 0.1) is 11.2 Å². The van der Waals surface area contributed by atoms with E-state index in [1.54, 1.807) is 11.6 Å². The van der Waals surface area contributed by atoms with Crippen LogP contribution in [0.3, 0.4) is 0 Å². The highest BCUT2D eigenvalue weighted by molar-refractivity contribution is 7.07. The first kappa shape index (κ1) is 8.83. The number of aromatic carboxylic acids is 1. The minimum Gasteiger partial charge on any atom is -0.477 e. The van der Waals surface area contributed by atoms with Gasteiger partial charge in [0.25, 0.3) is 0 Å². The third-order valence-electron chi connectivity index (χ3n) is 1.71. The van der Waals surface area contributed by atoms with Gasteiger partial charge >= 0.3 is 5.97 Å². The molecule has 14 heavy (non-hydrogen) atoms. The van der Waals surface area contributed by atoms with E-state index in [2.05, 4.69) is 9.97 Å². The Morgan fingerprint density at radius 2 is 2.29 bits per heavy atom. The lowest BCUT2D eigenvalue weighted by atomic mass is 10.2. The predicted octanol–water partition coefficient (Wildman–Crippen LogP) is 1.90. The summed E-state index contributed by atoms with van der Waals surface area (Å²) >= 11 is 1.47. The highest BCUT2D eigenvalue weighted by Crippen LogP contribution is 2.18. The molecular formula is C9H6N2O2S. The first-order valence-corrected chi connectivity index (χ1v) is 4.79. The molecular weight excluding hydrogens is 200 g/mol. The second-order valence-electron chi connectivity index (χ2n) is 2.61. The fraction of sp³-hybridized carbons (Fsp3) is 0. The van der Waals surface area contributed by atoms with E-state index in [0.717, 1.165) is 11.3 Å². The van der Waals surface area contributed by atoms with Gasteiger partial charge in [0.2, 0.25) is 0 Å². The fourth-order valence-electron chi connectivity index (χ4n) is 1.06. The van der Waals surface area contributed by atoms with Crippen molar-refractivity contribution in [3.05, 3.63) is 34.9 Å². The van der Waals surface area contributed by atoms with Crippen LogP contribution in [0.2, 0.25) is 0 Å². The van der Waals surface area contributed by atoms with Crippen LogP contribution in [-0.4, -0.2) is 21.0 Å². The summed E-state index contributed by atoms with van der Waals surface area (Å²) in [7, 11) is 0. The summed E-state index contributed by atoms with van der Waals surface area (Å²) in [5, 5.41) is 10.6. The summed E-state index contributed by atoms with van der Waals surface area (Å²) in [5.41, 5.74) is 3.30. The lowest BCUT2D eigenvalue weighted by Gasteiger charge is -1.97. The molecule has 0 unspecified atom stereocenters.